The number of hydrogen-bond donors (Lipinski definition) is 0. The summed E-state index contributed by atoms with van der Waals surface area (Å²) in [6.07, 6.45) is 7.48. The first-order valence-corrected chi connectivity index (χ1v) is 6.15. The van der Waals surface area contributed by atoms with Crippen LogP contribution in [0.3, 0.4) is 0 Å². The third kappa shape index (κ3) is 2.00. The van der Waals surface area contributed by atoms with Crippen molar-refractivity contribution in [3.8, 4) is 0 Å². The Kier molecular flexibility index (Phi) is 3.25. The number of carbonyl (C=O) groups is 1. The summed E-state index contributed by atoms with van der Waals surface area (Å²) in [6, 6.07) is 0.930. The van der Waals surface area contributed by atoms with E-state index in [1.807, 2.05) is 6.08 Å². The highest BCUT2D eigenvalue weighted by Crippen LogP contribution is 2.34. The maximum Gasteiger partial charge on any atom is 0.137 e. The van der Waals surface area contributed by atoms with Gasteiger partial charge in [-0.05, 0) is 39.2 Å². The van der Waals surface area contributed by atoms with Crippen LogP contribution < -0.4 is 0 Å². The van der Waals surface area contributed by atoms with Crippen molar-refractivity contribution in [1.29, 1.82) is 0 Å². The standard InChI is InChI=1S/C13H21NO/c1-3-10(2)14-9-5-7-12(14)11-6-4-8-13(11)15/h3,10-12H,1,4-9H2,2H3. The van der Waals surface area contributed by atoms with Gasteiger partial charge < -0.3 is 0 Å². The van der Waals surface area contributed by atoms with Crippen LogP contribution in [0.15, 0.2) is 12.7 Å². The molecule has 84 valence electrons. The number of nitrogens with zero attached hydrogens (tertiary/aromatic N) is 1. The van der Waals surface area contributed by atoms with Crippen molar-refractivity contribution in [1.82, 2.24) is 4.90 Å². The molecule has 0 bridgehead atoms. The Morgan fingerprint density at radius 2 is 2.27 bits per heavy atom. The van der Waals surface area contributed by atoms with E-state index in [9.17, 15) is 4.79 Å². The minimum Gasteiger partial charge on any atom is -0.299 e. The summed E-state index contributed by atoms with van der Waals surface area (Å²) in [5.74, 6) is 0.832. The smallest absolute Gasteiger partial charge is 0.137 e. The molecular weight excluding hydrogens is 186 g/mol. The maximum atomic E-state index is 11.8. The first-order chi connectivity index (χ1) is 7.24. The molecule has 3 atom stereocenters. The van der Waals surface area contributed by atoms with Crippen molar-refractivity contribution in [2.45, 2.75) is 51.1 Å². The molecule has 1 heterocycles. The van der Waals surface area contributed by atoms with Crippen LogP contribution in [0.2, 0.25) is 0 Å². The summed E-state index contributed by atoms with van der Waals surface area (Å²) in [4.78, 5) is 14.2. The second kappa shape index (κ2) is 4.48. The largest absolute Gasteiger partial charge is 0.299 e. The first-order valence-electron chi connectivity index (χ1n) is 6.15. The minimum absolute atomic E-state index is 0.329. The lowest BCUT2D eigenvalue weighted by atomic mass is 9.94. The van der Waals surface area contributed by atoms with Crippen molar-refractivity contribution >= 4 is 5.78 Å². The van der Waals surface area contributed by atoms with Crippen molar-refractivity contribution in [3.63, 3.8) is 0 Å². The van der Waals surface area contributed by atoms with E-state index >= 15 is 0 Å². The number of ketones is 1. The molecule has 1 aliphatic heterocycles. The molecule has 1 saturated heterocycles. The highest BCUT2D eigenvalue weighted by Gasteiger charge is 2.38. The lowest BCUT2D eigenvalue weighted by molar-refractivity contribution is -0.122. The zero-order valence-corrected chi connectivity index (χ0v) is 9.61. The highest BCUT2D eigenvalue weighted by atomic mass is 16.1. The van der Waals surface area contributed by atoms with Gasteiger partial charge in [0.2, 0.25) is 0 Å². The molecule has 2 fully saturated rings. The van der Waals surface area contributed by atoms with E-state index in [2.05, 4.69) is 18.4 Å². The molecule has 0 aromatic rings. The predicted molar refractivity (Wildman–Crippen MR) is 61.7 cm³/mol. The second-order valence-electron chi connectivity index (χ2n) is 4.89. The Labute approximate surface area is 92.3 Å². The Bertz CT molecular complexity index is 261. The molecule has 2 heteroatoms. The van der Waals surface area contributed by atoms with Gasteiger partial charge >= 0.3 is 0 Å². The van der Waals surface area contributed by atoms with Gasteiger partial charge in [0.05, 0.1) is 0 Å². The summed E-state index contributed by atoms with van der Waals surface area (Å²) in [7, 11) is 0. The molecule has 1 saturated carbocycles. The van der Waals surface area contributed by atoms with E-state index < -0.39 is 0 Å². The lowest BCUT2D eigenvalue weighted by Crippen LogP contribution is -2.41. The Balaban J connectivity index is 2.06. The molecule has 0 N–H and O–H groups in total. The number of carbonyl (C=O) groups excluding carboxylic acids is 1. The Hall–Kier alpha value is -0.630. The van der Waals surface area contributed by atoms with Crippen LogP contribution >= 0.6 is 0 Å². The van der Waals surface area contributed by atoms with Crippen LogP contribution in [-0.2, 0) is 4.79 Å². The minimum atomic E-state index is 0.329. The van der Waals surface area contributed by atoms with E-state index in [1.54, 1.807) is 0 Å². The Morgan fingerprint density at radius 3 is 2.87 bits per heavy atom. The van der Waals surface area contributed by atoms with E-state index in [1.165, 1.54) is 12.8 Å². The third-order valence-electron chi connectivity index (χ3n) is 4.02. The number of rotatable bonds is 3. The van der Waals surface area contributed by atoms with Gasteiger partial charge in [-0.25, -0.2) is 0 Å². The predicted octanol–water partition coefficient (Wildman–Crippen LogP) is 2.39. The lowest BCUT2D eigenvalue weighted by Gasteiger charge is -2.32. The fourth-order valence-electron chi connectivity index (χ4n) is 3.14. The normalized spacial score (nSPS) is 34.6. The van der Waals surface area contributed by atoms with Gasteiger partial charge in [-0.15, -0.1) is 6.58 Å². The molecule has 1 aliphatic carbocycles. The first kappa shape index (κ1) is 10.9. The third-order valence-corrected chi connectivity index (χ3v) is 4.02. The van der Waals surface area contributed by atoms with E-state index in [0.29, 0.717) is 23.8 Å². The summed E-state index contributed by atoms with van der Waals surface area (Å²) < 4.78 is 0. The van der Waals surface area contributed by atoms with Gasteiger partial charge in [-0.3, -0.25) is 9.69 Å². The summed E-state index contributed by atoms with van der Waals surface area (Å²) in [6.45, 7) is 7.18. The average molecular weight is 207 g/mol. The van der Waals surface area contributed by atoms with E-state index in [4.69, 9.17) is 0 Å². The molecule has 0 amide bonds. The maximum absolute atomic E-state index is 11.8. The molecule has 2 nitrogen and oxygen atoms in total. The molecule has 0 aromatic heterocycles. The quantitative estimate of drug-likeness (QED) is 0.662. The van der Waals surface area contributed by atoms with Crippen LogP contribution in [0.1, 0.15) is 39.0 Å². The topological polar surface area (TPSA) is 20.3 Å². The Morgan fingerprint density at radius 1 is 1.47 bits per heavy atom. The molecule has 2 aliphatic rings. The zero-order valence-electron chi connectivity index (χ0n) is 9.61. The van der Waals surface area contributed by atoms with Gasteiger partial charge in [0.25, 0.3) is 0 Å². The van der Waals surface area contributed by atoms with E-state index in [-0.39, 0.29) is 0 Å². The zero-order chi connectivity index (χ0) is 10.8. The molecular formula is C13H21NO. The molecule has 0 spiro atoms. The fraction of sp³-hybridized carbons (Fsp3) is 0.769. The summed E-state index contributed by atoms with van der Waals surface area (Å²) in [5.41, 5.74) is 0. The molecule has 2 rings (SSSR count). The van der Waals surface area contributed by atoms with Gasteiger partial charge in [-0.2, -0.15) is 0 Å². The van der Waals surface area contributed by atoms with Crippen LogP contribution in [0.25, 0.3) is 0 Å². The van der Waals surface area contributed by atoms with Gasteiger partial charge in [0.1, 0.15) is 5.78 Å². The van der Waals surface area contributed by atoms with Crippen LogP contribution in [0, 0.1) is 5.92 Å². The van der Waals surface area contributed by atoms with E-state index in [0.717, 1.165) is 25.8 Å². The number of hydrogen-bond acceptors (Lipinski definition) is 2. The molecule has 0 aromatic carbocycles. The molecule has 3 unspecified atom stereocenters. The van der Waals surface area contributed by atoms with Gasteiger partial charge in [0, 0.05) is 24.4 Å². The van der Waals surface area contributed by atoms with Crippen molar-refractivity contribution < 1.29 is 4.79 Å². The summed E-state index contributed by atoms with van der Waals surface area (Å²) >= 11 is 0. The summed E-state index contributed by atoms with van der Waals surface area (Å²) in [5, 5.41) is 0. The number of likely N-dealkylation sites (tertiary alicyclic amines) is 1. The van der Waals surface area contributed by atoms with Crippen molar-refractivity contribution in [2.75, 3.05) is 6.54 Å². The van der Waals surface area contributed by atoms with Gasteiger partial charge in [0.15, 0.2) is 0 Å². The SMILES string of the molecule is C=CC(C)N1CCCC1C1CCCC1=O. The molecule has 0 radical (unpaired) electrons. The second-order valence-corrected chi connectivity index (χ2v) is 4.89. The monoisotopic (exact) mass is 207 g/mol. The average Bonchev–Trinajstić information content (AvgIpc) is 2.84. The van der Waals surface area contributed by atoms with Crippen LogP contribution in [-0.4, -0.2) is 29.3 Å². The van der Waals surface area contributed by atoms with Crippen LogP contribution in [0.4, 0.5) is 0 Å². The molecule has 15 heavy (non-hydrogen) atoms. The fourth-order valence-corrected chi connectivity index (χ4v) is 3.14. The van der Waals surface area contributed by atoms with Crippen molar-refractivity contribution in [2.24, 2.45) is 5.92 Å². The highest BCUT2D eigenvalue weighted by molar-refractivity contribution is 5.83. The van der Waals surface area contributed by atoms with Gasteiger partial charge in [-0.1, -0.05) is 6.08 Å². The van der Waals surface area contributed by atoms with Crippen LogP contribution in [0.5, 0.6) is 0 Å². The number of Topliss-reactive ketones (excluding diaryl/α,β-unsaturated/α-hetero) is 1. The van der Waals surface area contributed by atoms with Crippen molar-refractivity contribution in [3.05, 3.63) is 12.7 Å².